The predicted octanol–water partition coefficient (Wildman–Crippen LogP) is 0.747. The molecule has 1 aromatic carbocycles. The van der Waals surface area contributed by atoms with E-state index in [-0.39, 0.29) is 29.3 Å². The molecular weight excluding hydrogens is 428 g/mol. The van der Waals surface area contributed by atoms with E-state index in [4.69, 9.17) is 0 Å². The zero-order valence-electron chi connectivity index (χ0n) is 11.4. The van der Waals surface area contributed by atoms with Crippen molar-refractivity contribution in [1.29, 1.82) is 0 Å². The minimum absolute atomic E-state index is 0. The van der Waals surface area contributed by atoms with E-state index in [1.54, 1.807) is 22.2 Å². The maximum atomic E-state index is 12.2. The predicted molar refractivity (Wildman–Crippen MR) is 86.2 cm³/mol. The molecule has 6 heteroatoms. The van der Waals surface area contributed by atoms with Crippen LogP contribution in [0.4, 0.5) is 0 Å². The summed E-state index contributed by atoms with van der Waals surface area (Å²) in [6.07, 6.45) is 3.59. The van der Waals surface area contributed by atoms with Crippen LogP contribution in [0.2, 0.25) is 0 Å². The molecule has 3 rings (SSSR count). The molecule has 3 aromatic rings. The van der Waals surface area contributed by atoms with Crippen LogP contribution in [0.15, 0.2) is 64.8 Å². The van der Waals surface area contributed by atoms with Crippen molar-refractivity contribution in [1.82, 2.24) is 4.98 Å². The molecule has 0 aliphatic rings. The number of hydrogen-bond acceptors (Lipinski definition) is 3. The van der Waals surface area contributed by atoms with Crippen LogP contribution < -0.4 is 21.5 Å². The number of aromatic nitrogens is 2. The van der Waals surface area contributed by atoms with Crippen LogP contribution in [0.25, 0.3) is 10.6 Å². The van der Waals surface area contributed by atoms with Gasteiger partial charge in [0.05, 0.1) is 11.1 Å². The van der Waals surface area contributed by atoms with Gasteiger partial charge < -0.3 is 17.0 Å². The van der Waals surface area contributed by atoms with Gasteiger partial charge in [0, 0.05) is 16.1 Å². The molecule has 0 fully saturated rings. The Labute approximate surface area is 151 Å². The van der Waals surface area contributed by atoms with E-state index in [0.29, 0.717) is 5.56 Å². The summed E-state index contributed by atoms with van der Waals surface area (Å²) < 4.78 is 2.70. The summed E-state index contributed by atoms with van der Waals surface area (Å²) >= 11 is 5.03. The summed E-state index contributed by atoms with van der Waals surface area (Å²) in [5, 5.41) is 2.02. The van der Waals surface area contributed by atoms with Crippen molar-refractivity contribution in [2.24, 2.45) is 0 Å². The number of rotatable bonds is 4. The smallest absolute Gasteiger partial charge is 0.287 e. The number of nitrogens with zero attached hydrogens (tertiary/aromatic N) is 2. The van der Waals surface area contributed by atoms with Gasteiger partial charge in [0.2, 0.25) is 5.78 Å². The van der Waals surface area contributed by atoms with Crippen LogP contribution in [0, 0.1) is 0 Å². The minimum atomic E-state index is 0. The number of ketones is 1. The molecule has 0 N–H and O–H groups in total. The van der Waals surface area contributed by atoms with Crippen molar-refractivity contribution in [3.05, 3.63) is 70.4 Å². The van der Waals surface area contributed by atoms with Crippen molar-refractivity contribution in [2.45, 2.75) is 6.54 Å². The largest absolute Gasteiger partial charge is 1.00 e. The highest BCUT2D eigenvalue weighted by Crippen LogP contribution is 2.20. The van der Waals surface area contributed by atoms with E-state index in [9.17, 15) is 4.79 Å². The van der Waals surface area contributed by atoms with E-state index in [1.807, 2.05) is 54.0 Å². The molecule has 0 aliphatic carbocycles. The average molecular weight is 440 g/mol. The van der Waals surface area contributed by atoms with Crippen molar-refractivity contribution < 1.29 is 26.3 Å². The van der Waals surface area contributed by atoms with Gasteiger partial charge >= 0.3 is 0 Å². The number of benzene rings is 1. The second-order valence-electron chi connectivity index (χ2n) is 4.53. The lowest BCUT2D eigenvalue weighted by Crippen LogP contribution is -3.00. The van der Waals surface area contributed by atoms with E-state index in [0.717, 1.165) is 15.0 Å². The lowest BCUT2D eigenvalue weighted by molar-refractivity contribution is -0.686. The fraction of sp³-hybridized carbons (Fsp3) is 0.0625. The third-order valence-corrected chi connectivity index (χ3v) is 4.40. The Hall–Kier alpha value is -1.37. The summed E-state index contributed by atoms with van der Waals surface area (Å²) in [4.78, 5) is 17.7. The first-order chi connectivity index (χ1) is 10.2. The summed E-state index contributed by atoms with van der Waals surface area (Å²) in [6, 6.07) is 13.4. The number of hydrogen-bond donors (Lipinski definition) is 0. The molecule has 0 saturated carbocycles. The molecule has 0 saturated heterocycles. The van der Waals surface area contributed by atoms with E-state index < -0.39 is 0 Å². The van der Waals surface area contributed by atoms with Crippen LogP contribution in [-0.4, -0.2) is 10.8 Å². The number of carbonyl (C=O) groups excluding carboxylic acids is 1. The summed E-state index contributed by atoms with van der Waals surface area (Å²) in [6.45, 7) is 0.286. The van der Waals surface area contributed by atoms with Crippen molar-refractivity contribution in [3.63, 3.8) is 0 Å². The summed E-state index contributed by atoms with van der Waals surface area (Å²) in [5.74, 6) is 0.0620. The summed E-state index contributed by atoms with van der Waals surface area (Å²) in [7, 11) is 0. The molecule has 0 radical (unpaired) electrons. The van der Waals surface area contributed by atoms with Crippen LogP contribution >= 0.6 is 27.3 Å². The molecule has 0 atom stereocenters. The lowest BCUT2D eigenvalue weighted by atomic mass is 10.1. The van der Waals surface area contributed by atoms with Crippen LogP contribution in [0.5, 0.6) is 0 Å². The third-order valence-electron chi connectivity index (χ3n) is 3.02. The average Bonchev–Trinajstić information content (AvgIpc) is 3.02. The standard InChI is InChI=1S/C16H12BrN2OS.BrH/c17-13-4-1-3-12(9-13)15(20)10-19-7-6-14(18-11-19)16-5-2-8-21-16;/h1-9,11H,10H2;1H/q+1;/p-1. The molecule has 2 aromatic heterocycles. The first kappa shape index (κ1) is 17.0. The van der Waals surface area contributed by atoms with Crippen molar-refractivity contribution in [3.8, 4) is 10.6 Å². The Kier molecular flexibility index (Phi) is 5.99. The molecule has 0 amide bonds. The second-order valence-corrected chi connectivity index (χ2v) is 6.39. The normalized spacial score (nSPS) is 10.0. The molecule has 3 nitrogen and oxygen atoms in total. The van der Waals surface area contributed by atoms with E-state index in [1.165, 1.54) is 0 Å². The second kappa shape index (κ2) is 7.76. The lowest BCUT2D eigenvalue weighted by Gasteiger charge is -2.01. The van der Waals surface area contributed by atoms with Crippen LogP contribution in [0.1, 0.15) is 10.4 Å². The minimum Gasteiger partial charge on any atom is -1.00 e. The van der Waals surface area contributed by atoms with Crippen molar-refractivity contribution >= 4 is 33.0 Å². The highest BCUT2D eigenvalue weighted by molar-refractivity contribution is 9.10. The van der Waals surface area contributed by atoms with Gasteiger partial charge in [-0.3, -0.25) is 4.79 Å². The number of Topliss-reactive ketones (excluding diaryl/α,β-unsaturated/α-hetero) is 1. The highest BCUT2D eigenvalue weighted by Gasteiger charge is 2.12. The van der Waals surface area contributed by atoms with E-state index >= 15 is 0 Å². The molecular formula is C16H12Br2N2OS. The SMILES string of the molecule is O=C(C[n+]1ccc(-c2cccs2)nc1)c1cccc(Br)c1.[Br-]. The molecule has 2 heterocycles. The highest BCUT2D eigenvalue weighted by atomic mass is 79.9. The van der Waals surface area contributed by atoms with Gasteiger partial charge in [-0.15, -0.1) is 11.3 Å². The van der Waals surface area contributed by atoms with Crippen LogP contribution in [0.3, 0.4) is 0 Å². The zero-order chi connectivity index (χ0) is 14.7. The summed E-state index contributed by atoms with van der Waals surface area (Å²) in [5.41, 5.74) is 1.62. The fourth-order valence-corrected chi connectivity index (χ4v) is 3.07. The Morgan fingerprint density at radius 1 is 1.23 bits per heavy atom. The molecule has 0 unspecified atom stereocenters. The monoisotopic (exact) mass is 438 g/mol. The number of thiophene rings is 1. The molecule has 0 spiro atoms. The molecule has 0 aliphatic heterocycles. The van der Waals surface area contributed by atoms with Gasteiger partial charge in [0.25, 0.3) is 6.33 Å². The quantitative estimate of drug-likeness (QED) is 0.444. The Morgan fingerprint density at radius 2 is 2.09 bits per heavy atom. The topological polar surface area (TPSA) is 33.8 Å². The molecule has 22 heavy (non-hydrogen) atoms. The maximum absolute atomic E-state index is 12.2. The fourth-order valence-electron chi connectivity index (χ4n) is 1.97. The van der Waals surface area contributed by atoms with Gasteiger partial charge in [-0.2, -0.15) is 0 Å². The first-order valence-corrected chi connectivity index (χ1v) is 8.07. The molecule has 112 valence electrons. The van der Waals surface area contributed by atoms with Gasteiger partial charge in [0.1, 0.15) is 0 Å². The maximum Gasteiger partial charge on any atom is 0.287 e. The van der Waals surface area contributed by atoms with Gasteiger partial charge in [-0.05, 0) is 28.6 Å². The van der Waals surface area contributed by atoms with Gasteiger partial charge in [-0.1, -0.05) is 34.1 Å². The van der Waals surface area contributed by atoms with Gasteiger partial charge in [0.15, 0.2) is 12.2 Å². The Bertz CT molecular complexity index is 758. The number of carbonyl (C=O) groups is 1. The molecule has 0 bridgehead atoms. The Balaban J connectivity index is 0.00000176. The Morgan fingerprint density at radius 3 is 2.73 bits per heavy atom. The first-order valence-electron chi connectivity index (χ1n) is 6.40. The number of halogens is 2. The van der Waals surface area contributed by atoms with Gasteiger partial charge in [-0.25, -0.2) is 4.57 Å². The van der Waals surface area contributed by atoms with E-state index in [2.05, 4.69) is 20.9 Å². The zero-order valence-corrected chi connectivity index (χ0v) is 15.4. The van der Waals surface area contributed by atoms with Crippen molar-refractivity contribution in [2.75, 3.05) is 0 Å². The van der Waals surface area contributed by atoms with Crippen LogP contribution in [-0.2, 0) is 6.54 Å². The third kappa shape index (κ3) is 4.09.